The van der Waals surface area contributed by atoms with Gasteiger partial charge in [0.2, 0.25) is 0 Å². The molecule has 0 saturated carbocycles. The van der Waals surface area contributed by atoms with Crippen molar-refractivity contribution in [1.29, 1.82) is 0 Å². The van der Waals surface area contributed by atoms with Gasteiger partial charge in [0.15, 0.2) is 0 Å². The second kappa shape index (κ2) is 17.8. The number of esters is 3. The maximum Gasteiger partial charge on any atom is 0.343 e. The molecule has 8 nitrogen and oxygen atoms in total. The van der Waals surface area contributed by atoms with E-state index in [4.69, 9.17) is 23.7 Å². The van der Waals surface area contributed by atoms with Gasteiger partial charge in [-0.15, -0.1) is 0 Å². The van der Waals surface area contributed by atoms with Crippen LogP contribution in [-0.2, 0) is 9.53 Å². The number of unbranched alkanes of at least 4 members (excludes halogenated alkanes) is 3. The molecule has 0 heterocycles. The molecule has 0 atom stereocenters. The van der Waals surface area contributed by atoms with Crippen molar-refractivity contribution in [2.75, 3.05) is 19.8 Å². The van der Waals surface area contributed by atoms with Crippen molar-refractivity contribution in [3.05, 3.63) is 121 Å². The zero-order valence-electron chi connectivity index (χ0n) is 25.9. The standard InChI is InChI=1S/C38H38O8/c1-3-25-42-32-17-13-30(14-18-32)37(40)45-34-21-9-28(10-22-34)29-11-23-35(24-12-29)46-38(41)31-15-19-33(20-16-31)43-26-7-5-6-8-27-44-36(39)4-2/h4,9-24H,2-3,5-8,25-27H2,1H3. The molecule has 0 aromatic heterocycles. The first-order chi connectivity index (χ1) is 22.4. The molecule has 4 aromatic carbocycles. The molecule has 4 aromatic rings. The van der Waals surface area contributed by atoms with Crippen LogP contribution in [0.1, 0.15) is 59.7 Å². The second-order valence-electron chi connectivity index (χ2n) is 10.4. The normalized spacial score (nSPS) is 10.5. The molecule has 238 valence electrons. The monoisotopic (exact) mass is 622 g/mol. The van der Waals surface area contributed by atoms with Crippen LogP contribution in [-0.4, -0.2) is 37.7 Å². The average molecular weight is 623 g/mol. The zero-order valence-corrected chi connectivity index (χ0v) is 25.9. The Bertz CT molecular complexity index is 1560. The molecule has 0 aliphatic carbocycles. The smallest absolute Gasteiger partial charge is 0.343 e. The number of hydrogen-bond acceptors (Lipinski definition) is 8. The van der Waals surface area contributed by atoms with Gasteiger partial charge >= 0.3 is 17.9 Å². The third-order valence-corrected chi connectivity index (χ3v) is 6.83. The van der Waals surface area contributed by atoms with Gasteiger partial charge in [-0.05, 0) is 116 Å². The fraction of sp³-hybridized carbons (Fsp3) is 0.237. The number of rotatable bonds is 17. The van der Waals surface area contributed by atoms with Crippen LogP contribution in [0.25, 0.3) is 11.1 Å². The molecule has 0 unspecified atom stereocenters. The summed E-state index contributed by atoms with van der Waals surface area (Å²) >= 11 is 0. The van der Waals surface area contributed by atoms with Crippen molar-refractivity contribution in [3.8, 4) is 34.1 Å². The largest absolute Gasteiger partial charge is 0.494 e. The zero-order chi connectivity index (χ0) is 32.6. The van der Waals surface area contributed by atoms with Crippen LogP contribution >= 0.6 is 0 Å². The van der Waals surface area contributed by atoms with Gasteiger partial charge < -0.3 is 23.7 Å². The van der Waals surface area contributed by atoms with Crippen LogP contribution in [0.2, 0.25) is 0 Å². The number of ether oxygens (including phenoxy) is 5. The Kier molecular flexibility index (Phi) is 13.0. The van der Waals surface area contributed by atoms with Crippen LogP contribution in [0.15, 0.2) is 110 Å². The predicted octanol–water partition coefficient (Wildman–Crippen LogP) is 8.25. The molecular formula is C38H38O8. The summed E-state index contributed by atoms with van der Waals surface area (Å²) < 4.78 is 27.3. The van der Waals surface area contributed by atoms with E-state index in [2.05, 4.69) is 6.58 Å². The fourth-order valence-electron chi connectivity index (χ4n) is 4.34. The van der Waals surface area contributed by atoms with Crippen molar-refractivity contribution in [2.45, 2.75) is 39.0 Å². The van der Waals surface area contributed by atoms with Crippen molar-refractivity contribution in [2.24, 2.45) is 0 Å². The van der Waals surface area contributed by atoms with Gasteiger partial charge in [0.05, 0.1) is 30.9 Å². The van der Waals surface area contributed by atoms with E-state index in [0.29, 0.717) is 53.9 Å². The SMILES string of the molecule is C=CC(=O)OCCCCCCOc1ccc(C(=O)Oc2ccc(-c3ccc(OC(=O)c4ccc(OCCC)cc4)cc3)cc2)cc1. The second-order valence-corrected chi connectivity index (χ2v) is 10.4. The Labute approximate surface area is 269 Å². The number of carbonyl (C=O) groups excluding carboxylic acids is 3. The van der Waals surface area contributed by atoms with Crippen molar-refractivity contribution in [3.63, 3.8) is 0 Å². The van der Waals surface area contributed by atoms with Gasteiger partial charge in [-0.2, -0.15) is 0 Å². The Hall–Kier alpha value is -5.37. The van der Waals surface area contributed by atoms with Crippen molar-refractivity contribution >= 4 is 17.9 Å². The van der Waals surface area contributed by atoms with E-state index in [-0.39, 0.29) is 0 Å². The highest BCUT2D eigenvalue weighted by Gasteiger charge is 2.11. The van der Waals surface area contributed by atoms with Gasteiger partial charge in [0, 0.05) is 6.08 Å². The van der Waals surface area contributed by atoms with Gasteiger partial charge in [0.25, 0.3) is 0 Å². The van der Waals surface area contributed by atoms with E-state index in [0.717, 1.165) is 49.3 Å². The molecule has 0 aliphatic rings. The maximum atomic E-state index is 12.7. The summed E-state index contributed by atoms with van der Waals surface area (Å²) in [5.74, 6) is 0.931. The molecule has 0 radical (unpaired) electrons. The molecular weight excluding hydrogens is 584 g/mol. The molecule has 0 bridgehead atoms. The third kappa shape index (κ3) is 10.7. The fourth-order valence-corrected chi connectivity index (χ4v) is 4.34. The Morgan fingerprint density at radius 2 is 0.957 bits per heavy atom. The summed E-state index contributed by atoms with van der Waals surface area (Å²) in [7, 11) is 0. The molecule has 46 heavy (non-hydrogen) atoms. The first-order valence-electron chi connectivity index (χ1n) is 15.3. The van der Waals surface area contributed by atoms with E-state index in [1.165, 1.54) is 0 Å². The Balaban J connectivity index is 1.19. The number of carbonyl (C=O) groups is 3. The minimum atomic E-state index is -0.467. The summed E-state index contributed by atoms with van der Waals surface area (Å²) in [6.45, 7) is 6.98. The molecule has 0 spiro atoms. The van der Waals surface area contributed by atoms with Crippen LogP contribution in [0.5, 0.6) is 23.0 Å². The van der Waals surface area contributed by atoms with E-state index in [9.17, 15) is 14.4 Å². The first-order valence-corrected chi connectivity index (χ1v) is 15.3. The molecule has 0 amide bonds. The molecule has 8 heteroatoms. The average Bonchev–Trinajstić information content (AvgIpc) is 3.09. The lowest BCUT2D eigenvalue weighted by molar-refractivity contribution is -0.137. The van der Waals surface area contributed by atoms with Crippen molar-refractivity contribution in [1.82, 2.24) is 0 Å². The van der Waals surface area contributed by atoms with E-state index in [1.807, 2.05) is 31.2 Å². The van der Waals surface area contributed by atoms with Crippen LogP contribution in [0, 0.1) is 0 Å². The maximum absolute atomic E-state index is 12.7. The van der Waals surface area contributed by atoms with E-state index < -0.39 is 17.9 Å². The van der Waals surface area contributed by atoms with Crippen LogP contribution < -0.4 is 18.9 Å². The highest BCUT2D eigenvalue weighted by molar-refractivity contribution is 5.92. The minimum Gasteiger partial charge on any atom is -0.494 e. The lowest BCUT2D eigenvalue weighted by atomic mass is 10.1. The first kappa shape index (κ1) is 33.5. The van der Waals surface area contributed by atoms with Crippen LogP contribution in [0.3, 0.4) is 0 Å². The predicted molar refractivity (Wildman–Crippen MR) is 176 cm³/mol. The summed E-state index contributed by atoms with van der Waals surface area (Å²) in [4.78, 5) is 36.2. The molecule has 0 saturated heterocycles. The van der Waals surface area contributed by atoms with Gasteiger partial charge in [0.1, 0.15) is 23.0 Å². The van der Waals surface area contributed by atoms with Crippen LogP contribution in [0.4, 0.5) is 0 Å². The molecule has 0 fully saturated rings. The summed E-state index contributed by atoms with van der Waals surface area (Å²) in [6.07, 6.45) is 5.65. The summed E-state index contributed by atoms with van der Waals surface area (Å²) in [5, 5.41) is 0. The Morgan fingerprint density at radius 1 is 0.543 bits per heavy atom. The highest BCUT2D eigenvalue weighted by atomic mass is 16.5. The summed E-state index contributed by atoms with van der Waals surface area (Å²) in [6, 6.07) is 28.1. The topological polar surface area (TPSA) is 97.4 Å². The van der Waals surface area contributed by atoms with E-state index in [1.54, 1.807) is 72.8 Å². The molecule has 4 rings (SSSR count). The lowest BCUT2D eigenvalue weighted by Gasteiger charge is -2.09. The molecule has 0 N–H and O–H groups in total. The highest BCUT2D eigenvalue weighted by Crippen LogP contribution is 2.26. The number of hydrogen-bond donors (Lipinski definition) is 0. The quantitative estimate of drug-likeness (QED) is 0.0503. The van der Waals surface area contributed by atoms with Gasteiger partial charge in [-0.25, -0.2) is 14.4 Å². The third-order valence-electron chi connectivity index (χ3n) is 6.83. The minimum absolute atomic E-state index is 0.397. The van der Waals surface area contributed by atoms with Gasteiger partial charge in [-0.3, -0.25) is 0 Å². The number of benzene rings is 4. The van der Waals surface area contributed by atoms with Gasteiger partial charge in [-0.1, -0.05) is 37.8 Å². The lowest BCUT2D eigenvalue weighted by Crippen LogP contribution is -2.08. The van der Waals surface area contributed by atoms with E-state index >= 15 is 0 Å². The Morgan fingerprint density at radius 3 is 1.39 bits per heavy atom. The summed E-state index contributed by atoms with van der Waals surface area (Å²) in [5.41, 5.74) is 2.68. The van der Waals surface area contributed by atoms with Crippen molar-refractivity contribution < 1.29 is 38.1 Å². The molecule has 0 aliphatic heterocycles.